The lowest BCUT2D eigenvalue weighted by atomic mass is 10.2. The van der Waals surface area contributed by atoms with E-state index in [9.17, 15) is 14.7 Å². The zero-order valence-corrected chi connectivity index (χ0v) is 23.4. The smallest absolute Gasteiger partial charge is 0.270 e. The van der Waals surface area contributed by atoms with Crippen LogP contribution in [0.15, 0.2) is 46.2 Å². The molecule has 0 unspecified atom stereocenters. The fourth-order valence-corrected chi connectivity index (χ4v) is 4.25. The molecule has 2 N–H and O–H groups in total. The Morgan fingerprint density at radius 3 is 1.95 bits per heavy atom. The minimum absolute atomic E-state index is 0.0317. The molecule has 0 aliphatic carbocycles. The van der Waals surface area contributed by atoms with Gasteiger partial charge in [-0.3, -0.25) is 18.7 Å². The molecule has 220 valence electrons. The first-order valence-corrected chi connectivity index (χ1v) is 13.1. The molecule has 1 aliphatic heterocycles. The van der Waals surface area contributed by atoms with Gasteiger partial charge in [0.15, 0.2) is 17.1 Å². The number of nitrogens with zero attached hydrogens (tertiary/aromatic N) is 6. The van der Waals surface area contributed by atoms with Crippen LogP contribution in [0.25, 0.3) is 22.3 Å². The zero-order chi connectivity index (χ0) is 29.6. The van der Waals surface area contributed by atoms with Crippen LogP contribution in [0.1, 0.15) is 26.7 Å². The molecule has 2 atom stereocenters. The fourth-order valence-electron chi connectivity index (χ4n) is 4.25. The molecule has 0 bridgehead atoms. The van der Waals surface area contributed by atoms with Crippen LogP contribution in [-0.4, -0.2) is 84.7 Å². The summed E-state index contributed by atoms with van der Waals surface area (Å²) in [4.78, 5) is 40.6. The molecule has 5 heterocycles. The number of hydrogen-bond donors (Lipinski definition) is 2. The number of methoxy groups -OCH3 is 2. The SMILES string of the molecule is COc1ccc2ncc(=O)n(CC[C@H](O)CO)c2n1.COc1ccc2ncc(=O)n(CC[C@H]3COC(C)(C)O3)c2n1. The average molecular weight is 571 g/mol. The largest absolute Gasteiger partial charge is 0.481 e. The molecular weight excluding hydrogens is 536 g/mol. The highest BCUT2D eigenvalue weighted by molar-refractivity contribution is 5.71. The summed E-state index contributed by atoms with van der Waals surface area (Å²) >= 11 is 0. The van der Waals surface area contributed by atoms with Crippen LogP contribution in [0, 0.1) is 0 Å². The van der Waals surface area contributed by atoms with Crippen molar-refractivity contribution >= 4 is 22.3 Å². The van der Waals surface area contributed by atoms with Crippen molar-refractivity contribution in [2.45, 2.75) is 57.8 Å². The highest BCUT2D eigenvalue weighted by Crippen LogP contribution is 2.24. The van der Waals surface area contributed by atoms with E-state index in [2.05, 4.69) is 19.9 Å². The molecule has 1 saturated heterocycles. The van der Waals surface area contributed by atoms with Crippen LogP contribution in [-0.2, 0) is 22.6 Å². The summed E-state index contributed by atoms with van der Waals surface area (Å²) in [6, 6.07) is 6.88. The van der Waals surface area contributed by atoms with Crippen molar-refractivity contribution in [2.24, 2.45) is 0 Å². The predicted molar refractivity (Wildman–Crippen MR) is 148 cm³/mol. The van der Waals surface area contributed by atoms with Gasteiger partial charge in [-0.1, -0.05) is 0 Å². The van der Waals surface area contributed by atoms with Gasteiger partial charge in [-0.25, -0.2) is 9.97 Å². The summed E-state index contributed by atoms with van der Waals surface area (Å²) in [5, 5.41) is 18.1. The van der Waals surface area contributed by atoms with Gasteiger partial charge in [-0.05, 0) is 38.8 Å². The maximum atomic E-state index is 12.1. The molecule has 1 fully saturated rings. The maximum absolute atomic E-state index is 12.1. The molecule has 1 aliphatic rings. The lowest BCUT2D eigenvalue weighted by molar-refractivity contribution is -0.139. The molecule has 0 spiro atoms. The molecule has 5 rings (SSSR count). The van der Waals surface area contributed by atoms with Crippen LogP contribution >= 0.6 is 0 Å². The number of aryl methyl sites for hydroxylation is 2. The van der Waals surface area contributed by atoms with E-state index >= 15 is 0 Å². The minimum Gasteiger partial charge on any atom is -0.481 e. The first-order valence-electron chi connectivity index (χ1n) is 13.1. The average Bonchev–Trinajstić information content (AvgIpc) is 3.33. The van der Waals surface area contributed by atoms with E-state index in [0.717, 1.165) is 0 Å². The van der Waals surface area contributed by atoms with Crippen molar-refractivity contribution in [3.8, 4) is 11.8 Å². The van der Waals surface area contributed by atoms with Crippen LogP contribution < -0.4 is 20.6 Å². The van der Waals surface area contributed by atoms with Crippen LogP contribution in [0.4, 0.5) is 0 Å². The van der Waals surface area contributed by atoms with Crippen LogP contribution in [0.2, 0.25) is 0 Å². The van der Waals surface area contributed by atoms with Crippen molar-refractivity contribution in [1.82, 2.24) is 29.1 Å². The second-order valence-corrected chi connectivity index (χ2v) is 9.75. The van der Waals surface area contributed by atoms with E-state index in [1.807, 2.05) is 13.8 Å². The monoisotopic (exact) mass is 570 g/mol. The van der Waals surface area contributed by atoms with Gasteiger partial charge in [0.1, 0.15) is 11.0 Å². The summed E-state index contributed by atoms with van der Waals surface area (Å²) in [7, 11) is 3.03. The van der Waals surface area contributed by atoms with E-state index in [0.29, 0.717) is 53.7 Å². The standard InChI is InChI=1S/C15H19N3O4.C12H15N3O4/c1-15(2)21-9-10(22-15)6-7-18-13(19)8-16-11-4-5-12(20-3)17-14(11)18;1-19-10-3-2-9-12(14-10)15(11(18)6-13-9)5-4-8(17)7-16/h4-5,8,10H,6-7,9H2,1-3H3;2-3,6,8,16-17H,4-5,7H2,1H3/t10-;8-/m00/s1. The lowest BCUT2D eigenvalue weighted by Crippen LogP contribution is -2.25. The molecule has 14 nitrogen and oxygen atoms in total. The highest BCUT2D eigenvalue weighted by atomic mass is 16.7. The van der Waals surface area contributed by atoms with Gasteiger partial charge in [0.2, 0.25) is 11.8 Å². The Hall–Kier alpha value is -3.98. The van der Waals surface area contributed by atoms with Crippen LogP contribution in [0.5, 0.6) is 11.8 Å². The highest BCUT2D eigenvalue weighted by Gasteiger charge is 2.32. The van der Waals surface area contributed by atoms with Gasteiger partial charge in [-0.2, -0.15) is 9.97 Å². The summed E-state index contributed by atoms with van der Waals surface area (Å²) in [6.45, 7) is 4.69. The molecule has 14 heteroatoms. The van der Waals surface area contributed by atoms with Gasteiger partial charge < -0.3 is 29.2 Å². The quantitative estimate of drug-likeness (QED) is 0.291. The van der Waals surface area contributed by atoms with Gasteiger partial charge in [0.25, 0.3) is 11.1 Å². The number of aliphatic hydroxyl groups is 2. The third-order valence-corrected chi connectivity index (χ3v) is 6.39. The van der Waals surface area contributed by atoms with Crippen molar-refractivity contribution < 1.29 is 29.2 Å². The number of rotatable bonds is 9. The Morgan fingerprint density at radius 1 is 0.951 bits per heavy atom. The number of aliphatic hydroxyl groups excluding tert-OH is 2. The van der Waals surface area contributed by atoms with E-state index in [1.54, 1.807) is 35.9 Å². The number of fused-ring (bicyclic) bond motifs is 2. The third-order valence-electron chi connectivity index (χ3n) is 6.39. The molecule has 4 aromatic heterocycles. The van der Waals surface area contributed by atoms with Gasteiger partial charge >= 0.3 is 0 Å². The Balaban J connectivity index is 0.000000191. The number of hydrogen-bond acceptors (Lipinski definition) is 12. The Labute approximate surface area is 235 Å². The fraction of sp³-hybridized carbons (Fsp3) is 0.481. The van der Waals surface area contributed by atoms with E-state index in [-0.39, 0.29) is 36.8 Å². The lowest BCUT2D eigenvalue weighted by Gasteiger charge is -2.17. The van der Waals surface area contributed by atoms with Crippen molar-refractivity contribution in [3.63, 3.8) is 0 Å². The normalized spacial score (nSPS) is 16.8. The van der Waals surface area contributed by atoms with E-state index in [1.165, 1.54) is 24.1 Å². The van der Waals surface area contributed by atoms with E-state index < -0.39 is 11.9 Å². The maximum Gasteiger partial charge on any atom is 0.270 e. The van der Waals surface area contributed by atoms with E-state index in [4.69, 9.17) is 24.1 Å². The molecule has 0 saturated carbocycles. The summed E-state index contributed by atoms with van der Waals surface area (Å²) < 4.78 is 24.5. The van der Waals surface area contributed by atoms with Gasteiger partial charge in [0, 0.05) is 25.2 Å². The summed E-state index contributed by atoms with van der Waals surface area (Å²) in [5.74, 6) is 0.281. The van der Waals surface area contributed by atoms with Crippen molar-refractivity contribution in [3.05, 3.63) is 57.4 Å². The predicted octanol–water partition coefficient (Wildman–Crippen LogP) is 0.885. The Morgan fingerprint density at radius 2 is 1.49 bits per heavy atom. The first kappa shape index (κ1) is 30.0. The van der Waals surface area contributed by atoms with Gasteiger partial charge in [-0.15, -0.1) is 0 Å². The molecule has 0 amide bonds. The Bertz CT molecular complexity index is 1600. The van der Waals surface area contributed by atoms with Gasteiger partial charge in [0.05, 0.1) is 52.0 Å². The molecule has 41 heavy (non-hydrogen) atoms. The molecule has 0 aromatic carbocycles. The topological polar surface area (TPSA) is 173 Å². The van der Waals surface area contributed by atoms with Crippen molar-refractivity contribution in [2.75, 3.05) is 27.4 Å². The van der Waals surface area contributed by atoms with Crippen LogP contribution in [0.3, 0.4) is 0 Å². The first-order chi connectivity index (χ1) is 19.6. The molecule has 4 aromatic rings. The minimum atomic E-state index is -0.860. The molecule has 0 radical (unpaired) electrons. The van der Waals surface area contributed by atoms with Crippen molar-refractivity contribution in [1.29, 1.82) is 0 Å². The summed E-state index contributed by atoms with van der Waals surface area (Å²) in [6.07, 6.45) is 2.56. The number of aromatic nitrogens is 6. The number of pyridine rings is 2. The summed E-state index contributed by atoms with van der Waals surface area (Å²) in [5.41, 5.74) is 1.65. The number of ether oxygens (including phenoxy) is 4. The second-order valence-electron chi connectivity index (χ2n) is 9.75. The second kappa shape index (κ2) is 13.1. The Kier molecular flexibility index (Phi) is 9.60. The third kappa shape index (κ3) is 7.41. The zero-order valence-electron chi connectivity index (χ0n) is 23.4. The molecular formula is C27H34N6O8.